The van der Waals surface area contributed by atoms with Gasteiger partial charge in [-0.05, 0) is 24.7 Å². The molecule has 2 aromatic rings. The van der Waals surface area contributed by atoms with Crippen LogP contribution in [0.4, 0.5) is 0 Å². The zero-order valence-electron chi connectivity index (χ0n) is 9.68. The first-order valence-electron chi connectivity index (χ1n) is 5.52. The summed E-state index contributed by atoms with van der Waals surface area (Å²) in [4.78, 5) is 4.27. The average molecular weight is 233 g/mol. The molecule has 0 radical (unpaired) electrons. The molecule has 0 fully saturated rings. The smallest absolute Gasteiger partial charge is 0.227 e. The Morgan fingerprint density at radius 3 is 3.06 bits per heavy atom. The van der Waals surface area contributed by atoms with Gasteiger partial charge < -0.3 is 14.9 Å². The van der Waals surface area contributed by atoms with Crippen molar-refractivity contribution in [3.8, 4) is 5.75 Å². The topological polar surface area (TPSA) is 71.2 Å². The predicted molar refractivity (Wildman–Crippen MR) is 62.8 cm³/mol. The van der Waals surface area contributed by atoms with Gasteiger partial charge in [0.2, 0.25) is 5.89 Å². The van der Waals surface area contributed by atoms with E-state index in [9.17, 15) is 5.11 Å². The lowest BCUT2D eigenvalue weighted by Crippen LogP contribution is -2.10. The Labute approximate surface area is 99.5 Å². The molecule has 0 saturated carbocycles. The molecule has 17 heavy (non-hydrogen) atoms. The molecule has 5 nitrogen and oxygen atoms in total. The Morgan fingerprint density at radius 2 is 2.29 bits per heavy atom. The third-order valence-corrected chi connectivity index (χ3v) is 2.37. The maximum atomic E-state index is 9.34. The van der Waals surface area contributed by atoms with Gasteiger partial charge in [-0.15, -0.1) is 0 Å². The molecule has 0 bridgehead atoms. The number of aromatic nitrogens is 2. The first-order chi connectivity index (χ1) is 8.28. The summed E-state index contributed by atoms with van der Waals surface area (Å²) in [7, 11) is 1.88. The van der Waals surface area contributed by atoms with E-state index in [1.54, 1.807) is 18.2 Å². The van der Waals surface area contributed by atoms with E-state index in [1.165, 1.54) is 0 Å². The van der Waals surface area contributed by atoms with Crippen molar-refractivity contribution in [2.75, 3.05) is 13.6 Å². The van der Waals surface area contributed by atoms with Crippen LogP contribution in [0, 0.1) is 0 Å². The average Bonchev–Trinajstić information content (AvgIpc) is 2.74. The summed E-state index contributed by atoms with van der Waals surface area (Å²) in [6.45, 7) is 0.813. The van der Waals surface area contributed by atoms with Gasteiger partial charge in [0.1, 0.15) is 5.75 Å². The lowest BCUT2D eigenvalue weighted by atomic mass is 10.1. The number of aromatic hydroxyl groups is 1. The summed E-state index contributed by atoms with van der Waals surface area (Å²) in [5.41, 5.74) is 0.964. The molecule has 0 saturated heterocycles. The summed E-state index contributed by atoms with van der Waals surface area (Å²) in [6, 6.07) is 7.05. The minimum Gasteiger partial charge on any atom is -0.508 e. The van der Waals surface area contributed by atoms with Gasteiger partial charge in [-0.25, -0.2) is 0 Å². The highest BCUT2D eigenvalue weighted by Crippen LogP contribution is 2.13. The van der Waals surface area contributed by atoms with Crippen molar-refractivity contribution in [1.82, 2.24) is 15.5 Å². The van der Waals surface area contributed by atoms with Crippen LogP contribution in [-0.4, -0.2) is 28.8 Å². The molecule has 0 aliphatic heterocycles. The van der Waals surface area contributed by atoms with Gasteiger partial charge in [-0.3, -0.25) is 0 Å². The number of hydrogen-bond acceptors (Lipinski definition) is 5. The van der Waals surface area contributed by atoms with Crippen molar-refractivity contribution in [3.05, 3.63) is 41.5 Å². The second-order valence-electron chi connectivity index (χ2n) is 3.80. The van der Waals surface area contributed by atoms with Crippen LogP contribution in [0.1, 0.15) is 17.3 Å². The van der Waals surface area contributed by atoms with Gasteiger partial charge in [0.25, 0.3) is 0 Å². The summed E-state index contributed by atoms with van der Waals surface area (Å²) in [5, 5.41) is 16.3. The zero-order valence-corrected chi connectivity index (χ0v) is 9.68. The standard InChI is InChI=1S/C12H15N3O2/c1-13-6-5-12-14-11(15-17-12)8-9-3-2-4-10(16)7-9/h2-4,7,13,16H,5-6,8H2,1H3. The van der Waals surface area contributed by atoms with Crippen LogP contribution >= 0.6 is 0 Å². The van der Waals surface area contributed by atoms with Crippen molar-refractivity contribution in [1.29, 1.82) is 0 Å². The maximum Gasteiger partial charge on any atom is 0.227 e. The quantitative estimate of drug-likeness (QED) is 0.810. The van der Waals surface area contributed by atoms with E-state index in [4.69, 9.17) is 4.52 Å². The number of phenolic OH excluding ortho intramolecular Hbond substituents is 1. The van der Waals surface area contributed by atoms with Crippen molar-refractivity contribution >= 4 is 0 Å². The van der Waals surface area contributed by atoms with Crippen LogP contribution in [0.2, 0.25) is 0 Å². The van der Waals surface area contributed by atoms with Gasteiger partial charge in [0.15, 0.2) is 5.82 Å². The molecule has 0 aliphatic carbocycles. The van der Waals surface area contributed by atoms with Crippen molar-refractivity contribution < 1.29 is 9.63 Å². The fraction of sp³-hybridized carbons (Fsp3) is 0.333. The molecule has 5 heteroatoms. The monoisotopic (exact) mass is 233 g/mol. The minimum absolute atomic E-state index is 0.251. The van der Waals surface area contributed by atoms with E-state index in [0.717, 1.165) is 18.5 Å². The third kappa shape index (κ3) is 3.29. The maximum absolute atomic E-state index is 9.34. The molecule has 1 aromatic heterocycles. The SMILES string of the molecule is CNCCc1nc(Cc2cccc(O)c2)no1. The highest BCUT2D eigenvalue weighted by molar-refractivity contribution is 5.28. The zero-order chi connectivity index (χ0) is 12.1. The Balaban J connectivity index is 2.01. The first-order valence-corrected chi connectivity index (χ1v) is 5.52. The van der Waals surface area contributed by atoms with E-state index >= 15 is 0 Å². The number of benzene rings is 1. The molecule has 2 N–H and O–H groups in total. The minimum atomic E-state index is 0.251. The molecule has 0 aliphatic rings. The van der Waals surface area contributed by atoms with Crippen molar-refractivity contribution in [2.24, 2.45) is 0 Å². The van der Waals surface area contributed by atoms with Gasteiger partial charge in [0.05, 0.1) is 0 Å². The molecule has 1 aromatic carbocycles. The van der Waals surface area contributed by atoms with Crippen LogP contribution in [0.25, 0.3) is 0 Å². The lowest BCUT2D eigenvalue weighted by Gasteiger charge is -1.97. The van der Waals surface area contributed by atoms with E-state index < -0.39 is 0 Å². The molecule has 0 amide bonds. The number of rotatable bonds is 5. The molecule has 1 heterocycles. The highest BCUT2D eigenvalue weighted by atomic mass is 16.5. The Kier molecular flexibility index (Phi) is 3.72. The van der Waals surface area contributed by atoms with Gasteiger partial charge in [-0.1, -0.05) is 17.3 Å². The van der Waals surface area contributed by atoms with Crippen LogP contribution in [0.3, 0.4) is 0 Å². The van der Waals surface area contributed by atoms with Crippen LogP contribution in [0.5, 0.6) is 5.75 Å². The number of hydrogen-bond donors (Lipinski definition) is 2. The molecule has 0 unspecified atom stereocenters. The molecule has 0 atom stereocenters. The summed E-state index contributed by atoms with van der Waals surface area (Å²) < 4.78 is 5.11. The fourth-order valence-corrected chi connectivity index (χ4v) is 1.54. The third-order valence-electron chi connectivity index (χ3n) is 2.37. The van der Waals surface area contributed by atoms with Crippen LogP contribution in [-0.2, 0) is 12.8 Å². The summed E-state index contributed by atoms with van der Waals surface area (Å²) >= 11 is 0. The van der Waals surface area contributed by atoms with E-state index in [1.807, 2.05) is 13.1 Å². The second kappa shape index (κ2) is 5.45. The van der Waals surface area contributed by atoms with Crippen LogP contribution < -0.4 is 5.32 Å². The normalized spacial score (nSPS) is 10.6. The van der Waals surface area contributed by atoms with E-state index in [-0.39, 0.29) is 5.75 Å². The Bertz CT molecular complexity index is 482. The van der Waals surface area contributed by atoms with Gasteiger partial charge >= 0.3 is 0 Å². The number of nitrogens with zero attached hydrogens (tertiary/aromatic N) is 2. The summed E-state index contributed by atoms with van der Waals surface area (Å²) in [6.07, 6.45) is 1.29. The highest BCUT2D eigenvalue weighted by Gasteiger charge is 2.06. The molecule has 2 rings (SSSR count). The number of likely N-dealkylation sites (N-methyl/N-ethyl adjacent to an activating group) is 1. The van der Waals surface area contributed by atoms with Crippen molar-refractivity contribution in [2.45, 2.75) is 12.8 Å². The second-order valence-corrected chi connectivity index (χ2v) is 3.80. The van der Waals surface area contributed by atoms with Gasteiger partial charge in [0, 0.05) is 19.4 Å². The summed E-state index contributed by atoms with van der Waals surface area (Å²) in [5.74, 6) is 1.53. The predicted octanol–water partition coefficient (Wildman–Crippen LogP) is 1.13. The number of nitrogens with one attached hydrogen (secondary N) is 1. The Hall–Kier alpha value is -1.88. The largest absolute Gasteiger partial charge is 0.508 e. The fourth-order valence-electron chi connectivity index (χ4n) is 1.54. The Morgan fingerprint density at radius 1 is 1.41 bits per heavy atom. The number of phenols is 1. The molecule has 90 valence electrons. The molecular weight excluding hydrogens is 218 g/mol. The van der Waals surface area contributed by atoms with Gasteiger partial charge in [-0.2, -0.15) is 4.98 Å². The first kappa shape index (κ1) is 11.6. The van der Waals surface area contributed by atoms with E-state index in [2.05, 4.69) is 15.5 Å². The van der Waals surface area contributed by atoms with Crippen molar-refractivity contribution in [3.63, 3.8) is 0 Å². The van der Waals surface area contributed by atoms with E-state index in [0.29, 0.717) is 18.1 Å². The molecular formula is C12H15N3O2. The lowest BCUT2D eigenvalue weighted by molar-refractivity contribution is 0.372. The molecule has 0 spiro atoms. The van der Waals surface area contributed by atoms with Crippen LogP contribution in [0.15, 0.2) is 28.8 Å².